The summed E-state index contributed by atoms with van der Waals surface area (Å²) in [5.41, 5.74) is 0.436. The molecule has 1 aromatic rings. The lowest BCUT2D eigenvalue weighted by Gasteiger charge is -2.22. The third-order valence-corrected chi connectivity index (χ3v) is 2.80. The van der Waals surface area contributed by atoms with Crippen molar-refractivity contribution in [1.29, 1.82) is 0 Å². The molecule has 0 atom stereocenters. The monoisotopic (exact) mass is 281 g/mol. The predicted molar refractivity (Wildman–Crippen MR) is 73.1 cm³/mol. The first kappa shape index (κ1) is 16.1. The Labute approximate surface area is 117 Å². The molecule has 0 bridgehead atoms. The number of aldehydes is 1. The van der Waals surface area contributed by atoms with Crippen LogP contribution in [0.2, 0.25) is 0 Å². The van der Waals surface area contributed by atoms with Crippen molar-refractivity contribution in [2.75, 3.05) is 40.5 Å². The minimum atomic E-state index is -0.361. The number of benzene rings is 1. The van der Waals surface area contributed by atoms with Crippen LogP contribution in [-0.4, -0.2) is 62.7 Å². The van der Waals surface area contributed by atoms with Gasteiger partial charge in [-0.1, -0.05) is 0 Å². The molecule has 1 aromatic carbocycles. The molecule has 0 saturated heterocycles. The fraction of sp³-hybridized carbons (Fsp3) is 0.429. The first-order chi connectivity index (χ1) is 9.63. The summed E-state index contributed by atoms with van der Waals surface area (Å²) in [5, 5.41) is 9.77. The Bertz CT molecular complexity index is 453. The van der Waals surface area contributed by atoms with E-state index in [1.54, 1.807) is 14.2 Å². The minimum absolute atomic E-state index is 0.0989. The third-order valence-electron chi connectivity index (χ3n) is 2.80. The van der Waals surface area contributed by atoms with Gasteiger partial charge in [-0.2, -0.15) is 0 Å². The Morgan fingerprint density at radius 2 is 1.85 bits per heavy atom. The molecule has 1 amide bonds. The van der Waals surface area contributed by atoms with Crippen LogP contribution in [0.3, 0.4) is 0 Å². The Balaban J connectivity index is 2.94. The van der Waals surface area contributed by atoms with E-state index < -0.39 is 0 Å². The van der Waals surface area contributed by atoms with Gasteiger partial charge in [0, 0.05) is 32.9 Å². The van der Waals surface area contributed by atoms with Crippen molar-refractivity contribution in [3.63, 3.8) is 0 Å². The number of aromatic hydroxyl groups is 1. The van der Waals surface area contributed by atoms with Gasteiger partial charge in [0.1, 0.15) is 12.0 Å². The number of ether oxygens (including phenoxy) is 2. The van der Waals surface area contributed by atoms with Crippen LogP contribution in [0.4, 0.5) is 0 Å². The van der Waals surface area contributed by atoms with Crippen molar-refractivity contribution < 1.29 is 24.2 Å². The van der Waals surface area contributed by atoms with Gasteiger partial charge in [0.15, 0.2) is 0 Å². The average molecular weight is 281 g/mol. The summed E-state index contributed by atoms with van der Waals surface area (Å²) in [4.78, 5) is 24.7. The molecule has 110 valence electrons. The zero-order valence-corrected chi connectivity index (χ0v) is 11.7. The standard InChI is InChI=1S/C14H19NO5/c1-19-7-5-15(6-8-20-2)14(18)12-9-11(10-16)3-4-13(12)17/h3-4,9-10,17H,5-8H2,1-2H3. The molecule has 0 aliphatic rings. The predicted octanol–water partition coefficient (Wildman–Crippen LogP) is 0.940. The maximum absolute atomic E-state index is 12.4. The topological polar surface area (TPSA) is 76.1 Å². The molecule has 6 nitrogen and oxygen atoms in total. The van der Waals surface area contributed by atoms with Crippen LogP contribution in [0.25, 0.3) is 0 Å². The first-order valence-electron chi connectivity index (χ1n) is 6.19. The quantitative estimate of drug-likeness (QED) is 0.718. The van der Waals surface area contributed by atoms with Gasteiger partial charge in [-0.25, -0.2) is 0 Å². The number of carbonyl (C=O) groups is 2. The maximum Gasteiger partial charge on any atom is 0.257 e. The van der Waals surface area contributed by atoms with Gasteiger partial charge in [0.25, 0.3) is 5.91 Å². The van der Waals surface area contributed by atoms with E-state index in [2.05, 4.69) is 0 Å². The van der Waals surface area contributed by atoms with Crippen LogP contribution < -0.4 is 0 Å². The summed E-state index contributed by atoms with van der Waals surface area (Å²) in [5.74, 6) is -0.513. The van der Waals surface area contributed by atoms with Gasteiger partial charge < -0.3 is 19.5 Å². The molecular weight excluding hydrogens is 262 g/mol. The molecular formula is C14H19NO5. The van der Waals surface area contributed by atoms with Crippen LogP contribution in [0, 0.1) is 0 Å². The zero-order chi connectivity index (χ0) is 15.0. The van der Waals surface area contributed by atoms with E-state index in [4.69, 9.17) is 9.47 Å². The van der Waals surface area contributed by atoms with E-state index in [9.17, 15) is 14.7 Å². The largest absolute Gasteiger partial charge is 0.507 e. The fourth-order valence-corrected chi connectivity index (χ4v) is 1.69. The highest BCUT2D eigenvalue weighted by Gasteiger charge is 2.19. The first-order valence-corrected chi connectivity index (χ1v) is 6.19. The number of hydrogen-bond acceptors (Lipinski definition) is 5. The molecule has 0 aromatic heterocycles. The number of phenolic OH excluding ortho intramolecular Hbond substituents is 1. The highest BCUT2D eigenvalue weighted by atomic mass is 16.5. The van der Waals surface area contributed by atoms with Crippen LogP contribution in [0.15, 0.2) is 18.2 Å². The fourth-order valence-electron chi connectivity index (χ4n) is 1.69. The van der Waals surface area contributed by atoms with E-state index in [1.807, 2.05) is 0 Å². The average Bonchev–Trinajstić information content (AvgIpc) is 2.47. The van der Waals surface area contributed by atoms with E-state index >= 15 is 0 Å². The second-order valence-electron chi connectivity index (χ2n) is 4.17. The van der Waals surface area contributed by atoms with Crippen molar-refractivity contribution in [2.45, 2.75) is 0 Å². The highest BCUT2D eigenvalue weighted by Crippen LogP contribution is 2.19. The summed E-state index contributed by atoms with van der Waals surface area (Å²) >= 11 is 0. The number of methoxy groups -OCH3 is 2. The Hall–Kier alpha value is -1.92. The van der Waals surface area contributed by atoms with Gasteiger partial charge in [-0.3, -0.25) is 9.59 Å². The van der Waals surface area contributed by atoms with Crippen molar-refractivity contribution in [3.8, 4) is 5.75 Å². The smallest absolute Gasteiger partial charge is 0.257 e. The normalized spacial score (nSPS) is 10.3. The lowest BCUT2D eigenvalue weighted by Crippen LogP contribution is -2.36. The number of phenols is 1. The molecule has 0 aliphatic heterocycles. The van der Waals surface area contributed by atoms with Crippen molar-refractivity contribution in [2.24, 2.45) is 0 Å². The van der Waals surface area contributed by atoms with E-state index in [0.29, 0.717) is 38.2 Å². The molecule has 0 spiro atoms. The second kappa shape index (κ2) is 8.29. The Morgan fingerprint density at radius 3 is 2.35 bits per heavy atom. The molecule has 0 saturated carbocycles. The molecule has 0 radical (unpaired) electrons. The highest BCUT2D eigenvalue weighted by molar-refractivity contribution is 5.98. The van der Waals surface area contributed by atoms with Gasteiger partial charge >= 0.3 is 0 Å². The molecule has 0 aliphatic carbocycles. The Morgan fingerprint density at radius 1 is 1.25 bits per heavy atom. The lowest BCUT2D eigenvalue weighted by molar-refractivity contribution is 0.0624. The molecule has 1 rings (SSSR count). The molecule has 20 heavy (non-hydrogen) atoms. The maximum atomic E-state index is 12.4. The van der Waals surface area contributed by atoms with Crippen LogP contribution in [-0.2, 0) is 9.47 Å². The SMILES string of the molecule is COCCN(CCOC)C(=O)c1cc(C=O)ccc1O. The summed E-state index contributed by atoms with van der Waals surface area (Å²) < 4.78 is 9.92. The molecule has 6 heteroatoms. The Kier molecular flexibility index (Phi) is 6.69. The van der Waals surface area contributed by atoms with E-state index in [0.717, 1.165) is 0 Å². The van der Waals surface area contributed by atoms with Gasteiger partial charge in [-0.05, 0) is 18.2 Å². The molecule has 0 unspecified atom stereocenters. The number of amides is 1. The van der Waals surface area contributed by atoms with Gasteiger partial charge in [0.2, 0.25) is 0 Å². The van der Waals surface area contributed by atoms with Crippen molar-refractivity contribution in [1.82, 2.24) is 4.90 Å². The molecule has 0 heterocycles. The van der Waals surface area contributed by atoms with Gasteiger partial charge in [0.05, 0.1) is 18.8 Å². The number of rotatable bonds is 8. The summed E-state index contributed by atoms with van der Waals surface area (Å²) in [7, 11) is 3.09. The lowest BCUT2D eigenvalue weighted by atomic mass is 10.1. The summed E-state index contributed by atoms with van der Waals surface area (Å²) in [6.07, 6.45) is 0.630. The number of carbonyl (C=O) groups excluding carboxylic acids is 2. The molecule has 0 fully saturated rings. The zero-order valence-electron chi connectivity index (χ0n) is 11.7. The number of hydrogen-bond donors (Lipinski definition) is 1. The minimum Gasteiger partial charge on any atom is -0.507 e. The summed E-state index contributed by atoms with van der Waals surface area (Å²) in [6.45, 7) is 1.51. The van der Waals surface area contributed by atoms with Crippen LogP contribution in [0.5, 0.6) is 5.75 Å². The van der Waals surface area contributed by atoms with Crippen LogP contribution >= 0.6 is 0 Å². The van der Waals surface area contributed by atoms with E-state index in [1.165, 1.54) is 23.1 Å². The molecule has 1 N–H and O–H groups in total. The third kappa shape index (κ3) is 4.32. The number of nitrogens with zero attached hydrogens (tertiary/aromatic N) is 1. The van der Waals surface area contributed by atoms with Crippen molar-refractivity contribution in [3.05, 3.63) is 29.3 Å². The van der Waals surface area contributed by atoms with Crippen molar-refractivity contribution >= 4 is 12.2 Å². The van der Waals surface area contributed by atoms with Gasteiger partial charge in [-0.15, -0.1) is 0 Å². The second-order valence-corrected chi connectivity index (χ2v) is 4.17. The summed E-state index contributed by atoms with van der Waals surface area (Å²) in [6, 6.07) is 4.16. The van der Waals surface area contributed by atoms with E-state index in [-0.39, 0.29) is 17.2 Å². The van der Waals surface area contributed by atoms with Crippen LogP contribution in [0.1, 0.15) is 20.7 Å².